The summed E-state index contributed by atoms with van der Waals surface area (Å²) in [6.07, 6.45) is 0. The average molecular weight is 337 g/mol. The molecular formula is C18H15N3O4. The fourth-order valence-corrected chi connectivity index (χ4v) is 2.73. The number of anilines is 2. The summed E-state index contributed by atoms with van der Waals surface area (Å²) in [5.74, 6) is -1.99. The number of hydrogen-bond acceptors (Lipinski definition) is 5. The van der Waals surface area contributed by atoms with Gasteiger partial charge in [-0.2, -0.15) is 0 Å². The number of rotatable bonds is 2. The molecule has 2 aromatic carbocycles. The summed E-state index contributed by atoms with van der Waals surface area (Å²) in [4.78, 5) is 50.8. The van der Waals surface area contributed by atoms with Crippen molar-refractivity contribution in [3.05, 3.63) is 59.2 Å². The highest BCUT2D eigenvalue weighted by Gasteiger charge is 2.34. The van der Waals surface area contributed by atoms with Gasteiger partial charge in [0.2, 0.25) is 5.91 Å². The van der Waals surface area contributed by atoms with Crippen LogP contribution in [0.5, 0.6) is 0 Å². The van der Waals surface area contributed by atoms with Crippen LogP contribution in [0.1, 0.15) is 38.0 Å². The lowest BCUT2D eigenvalue weighted by Gasteiger charge is -2.20. The lowest BCUT2D eigenvalue weighted by Crippen LogP contribution is -2.35. The highest BCUT2D eigenvalue weighted by molar-refractivity contribution is 6.24. The van der Waals surface area contributed by atoms with Crippen LogP contribution < -0.4 is 10.6 Å². The molecule has 1 aliphatic rings. The van der Waals surface area contributed by atoms with Crippen molar-refractivity contribution in [3.8, 4) is 0 Å². The lowest BCUT2D eigenvalue weighted by molar-refractivity contribution is -0.115. The van der Waals surface area contributed by atoms with Gasteiger partial charge in [-0.25, -0.2) is 4.90 Å². The van der Waals surface area contributed by atoms with Gasteiger partial charge in [-0.05, 0) is 36.4 Å². The predicted octanol–water partition coefficient (Wildman–Crippen LogP) is 1.69. The molecule has 1 aliphatic heterocycles. The van der Waals surface area contributed by atoms with E-state index in [0.29, 0.717) is 11.4 Å². The number of amides is 4. The van der Waals surface area contributed by atoms with Crippen molar-refractivity contribution in [2.75, 3.05) is 17.7 Å². The number of hydrogen-bond donors (Lipinski definition) is 1. The average Bonchev–Trinajstić information content (AvgIpc) is 2.79. The van der Waals surface area contributed by atoms with E-state index < -0.39 is 23.6 Å². The van der Waals surface area contributed by atoms with Crippen LogP contribution >= 0.6 is 0 Å². The molecule has 0 fully saturated rings. The number of nitrogens with zero attached hydrogens (tertiary/aromatic N) is 2. The summed E-state index contributed by atoms with van der Waals surface area (Å²) in [6.45, 7) is 1.26. The maximum atomic E-state index is 12.8. The minimum absolute atomic E-state index is 0.132. The third-order valence-electron chi connectivity index (χ3n) is 3.98. The van der Waals surface area contributed by atoms with Crippen molar-refractivity contribution in [1.29, 1.82) is 0 Å². The number of carbonyl (C=O) groups is 4. The SMILES string of the molecule is CC(=O)N(C(=O)c1ccc2c(c1)C(=O)N(C)C2=O)c1cccc(N)c1. The van der Waals surface area contributed by atoms with Gasteiger partial charge in [0.25, 0.3) is 17.7 Å². The molecule has 0 aromatic heterocycles. The molecule has 0 saturated heterocycles. The molecule has 3 rings (SSSR count). The summed E-state index contributed by atoms with van der Waals surface area (Å²) >= 11 is 0. The minimum atomic E-state index is -0.601. The summed E-state index contributed by atoms with van der Waals surface area (Å²) < 4.78 is 0. The second kappa shape index (κ2) is 5.86. The van der Waals surface area contributed by atoms with E-state index in [9.17, 15) is 19.2 Å². The number of imide groups is 2. The topological polar surface area (TPSA) is 101 Å². The predicted molar refractivity (Wildman–Crippen MR) is 91.2 cm³/mol. The number of nitrogen functional groups attached to an aromatic ring is 1. The second-order valence-electron chi connectivity index (χ2n) is 5.68. The van der Waals surface area contributed by atoms with Gasteiger partial charge in [-0.1, -0.05) is 6.07 Å². The van der Waals surface area contributed by atoms with Gasteiger partial charge in [0.15, 0.2) is 0 Å². The minimum Gasteiger partial charge on any atom is -0.399 e. The van der Waals surface area contributed by atoms with Crippen molar-refractivity contribution in [2.45, 2.75) is 6.92 Å². The summed E-state index contributed by atoms with van der Waals surface area (Å²) in [5, 5.41) is 0. The highest BCUT2D eigenvalue weighted by atomic mass is 16.2. The number of nitrogens with two attached hydrogens (primary N) is 1. The van der Waals surface area contributed by atoms with Gasteiger partial charge in [0.05, 0.1) is 16.8 Å². The molecule has 126 valence electrons. The third-order valence-corrected chi connectivity index (χ3v) is 3.98. The number of fused-ring (bicyclic) bond motifs is 1. The molecule has 0 bridgehead atoms. The van der Waals surface area contributed by atoms with Gasteiger partial charge in [0.1, 0.15) is 0 Å². The van der Waals surface area contributed by atoms with Crippen molar-refractivity contribution in [1.82, 2.24) is 4.90 Å². The first-order chi connectivity index (χ1) is 11.8. The van der Waals surface area contributed by atoms with E-state index in [1.165, 1.54) is 38.2 Å². The van der Waals surface area contributed by atoms with Crippen molar-refractivity contribution < 1.29 is 19.2 Å². The molecule has 0 spiro atoms. The number of benzene rings is 2. The molecule has 2 aromatic rings. The highest BCUT2D eigenvalue weighted by Crippen LogP contribution is 2.25. The Bertz CT molecular complexity index is 936. The Hall–Kier alpha value is -3.48. The Morgan fingerprint density at radius 1 is 1.00 bits per heavy atom. The van der Waals surface area contributed by atoms with E-state index in [-0.39, 0.29) is 16.7 Å². The molecule has 7 nitrogen and oxygen atoms in total. The first-order valence-electron chi connectivity index (χ1n) is 7.48. The zero-order valence-corrected chi connectivity index (χ0v) is 13.6. The third kappa shape index (κ3) is 2.65. The molecule has 1 heterocycles. The second-order valence-corrected chi connectivity index (χ2v) is 5.68. The van der Waals surface area contributed by atoms with Crippen LogP contribution in [0.15, 0.2) is 42.5 Å². The Morgan fingerprint density at radius 2 is 1.68 bits per heavy atom. The van der Waals surface area contributed by atoms with E-state index in [4.69, 9.17) is 5.73 Å². The maximum absolute atomic E-state index is 12.8. The smallest absolute Gasteiger partial charge is 0.265 e. The molecule has 0 radical (unpaired) electrons. The molecular weight excluding hydrogens is 322 g/mol. The molecule has 7 heteroatoms. The first-order valence-corrected chi connectivity index (χ1v) is 7.48. The summed E-state index contributed by atoms with van der Waals surface area (Å²) in [7, 11) is 1.38. The standard InChI is InChI=1S/C18H15N3O4/c1-10(22)21(13-5-3-4-12(19)9-13)16(23)11-6-7-14-15(8-11)18(25)20(2)17(14)24/h3-9H,19H2,1-2H3. The van der Waals surface area contributed by atoms with Crippen LogP contribution in [0.3, 0.4) is 0 Å². The first kappa shape index (κ1) is 16.4. The zero-order valence-electron chi connectivity index (χ0n) is 13.6. The van der Waals surface area contributed by atoms with Gasteiger partial charge in [-0.3, -0.25) is 24.1 Å². The number of carbonyl (C=O) groups excluding carboxylic acids is 4. The quantitative estimate of drug-likeness (QED) is 0.664. The maximum Gasteiger partial charge on any atom is 0.265 e. The van der Waals surface area contributed by atoms with Gasteiger partial charge >= 0.3 is 0 Å². The van der Waals surface area contributed by atoms with Gasteiger partial charge < -0.3 is 5.73 Å². The van der Waals surface area contributed by atoms with Crippen LogP contribution in [0.4, 0.5) is 11.4 Å². The molecule has 25 heavy (non-hydrogen) atoms. The van der Waals surface area contributed by atoms with E-state index in [1.54, 1.807) is 18.2 Å². The van der Waals surface area contributed by atoms with Crippen LogP contribution in [0.25, 0.3) is 0 Å². The van der Waals surface area contributed by atoms with Crippen LogP contribution in [0, 0.1) is 0 Å². The van der Waals surface area contributed by atoms with Crippen LogP contribution in [-0.4, -0.2) is 35.6 Å². The molecule has 4 amide bonds. The largest absolute Gasteiger partial charge is 0.399 e. The molecule has 0 atom stereocenters. The van der Waals surface area contributed by atoms with E-state index in [1.807, 2.05) is 0 Å². The molecule has 2 N–H and O–H groups in total. The Kier molecular flexibility index (Phi) is 3.84. The van der Waals surface area contributed by atoms with Gasteiger partial charge in [-0.15, -0.1) is 0 Å². The molecule has 0 unspecified atom stereocenters. The van der Waals surface area contributed by atoms with Crippen LogP contribution in [0.2, 0.25) is 0 Å². The Balaban J connectivity index is 2.04. The van der Waals surface area contributed by atoms with Crippen molar-refractivity contribution >= 4 is 35.0 Å². The summed E-state index contributed by atoms with van der Waals surface area (Å²) in [6, 6.07) is 10.6. The van der Waals surface area contributed by atoms with Crippen LogP contribution in [-0.2, 0) is 4.79 Å². The Morgan fingerprint density at radius 3 is 2.32 bits per heavy atom. The Labute approximate surface area is 143 Å². The lowest BCUT2D eigenvalue weighted by atomic mass is 10.0. The van der Waals surface area contributed by atoms with Crippen molar-refractivity contribution in [3.63, 3.8) is 0 Å². The summed E-state index contributed by atoms with van der Waals surface area (Å²) in [5.41, 5.74) is 6.98. The van der Waals surface area contributed by atoms with Gasteiger partial charge in [0, 0.05) is 25.2 Å². The molecule has 0 aliphatic carbocycles. The normalized spacial score (nSPS) is 13.0. The molecule has 0 saturated carbocycles. The van der Waals surface area contributed by atoms with Crippen molar-refractivity contribution in [2.24, 2.45) is 0 Å². The fourth-order valence-electron chi connectivity index (χ4n) is 2.73. The monoisotopic (exact) mass is 337 g/mol. The zero-order chi connectivity index (χ0) is 18.3. The van der Waals surface area contributed by atoms with E-state index >= 15 is 0 Å². The fraction of sp³-hybridized carbons (Fsp3) is 0.111. The van der Waals surface area contributed by atoms with E-state index in [0.717, 1.165) is 9.80 Å². The van der Waals surface area contributed by atoms with E-state index in [2.05, 4.69) is 0 Å².